The Morgan fingerprint density at radius 2 is 1.76 bits per heavy atom. The summed E-state index contributed by atoms with van der Waals surface area (Å²) in [7, 11) is 0. The molecule has 194 valence electrons. The SMILES string of the molecule is CC(=N)[C@H]1C[C@@H]1C(=O)N1CCN(c2ccnn3cc(-c4ccc([C@@H]5CCN(C(C)C)C5)cc4)cc23)CC1. The largest absolute Gasteiger partial charge is 0.366 e. The highest BCUT2D eigenvalue weighted by Gasteiger charge is 2.46. The van der Waals surface area contributed by atoms with Crippen molar-refractivity contribution in [3.8, 4) is 11.1 Å². The van der Waals surface area contributed by atoms with E-state index in [-0.39, 0.29) is 17.7 Å². The summed E-state index contributed by atoms with van der Waals surface area (Å²) in [6.45, 7) is 11.8. The molecule has 3 atom stereocenters. The minimum Gasteiger partial charge on any atom is -0.366 e. The molecule has 1 amide bonds. The minimum absolute atomic E-state index is 0.0408. The van der Waals surface area contributed by atoms with Crippen LogP contribution in [0.2, 0.25) is 0 Å². The van der Waals surface area contributed by atoms with Gasteiger partial charge in [0.15, 0.2) is 0 Å². The van der Waals surface area contributed by atoms with Gasteiger partial charge in [0.2, 0.25) is 5.91 Å². The van der Waals surface area contributed by atoms with Gasteiger partial charge in [-0.3, -0.25) is 4.79 Å². The Hall–Kier alpha value is -3.19. The third-order valence-electron chi connectivity index (χ3n) is 8.75. The van der Waals surface area contributed by atoms with Crippen LogP contribution in [-0.2, 0) is 4.79 Å². The van der Waals surface area contributed by atoms with Crippen molar-refractivity contribution in [2.24, 2.45) is 11.8 Å². The molecule has 1 aliphatic carbocycles. The van der Waals surface area contributed by atoms with Gasteiger partial charge in [0.25, 0.3) is 0 Å². The minimum atomic E-state index is 0.0408. The normalized spacial score (nSPS) is 24.3. The summed E-state index contributed by atoms with van der Waals surface area (Å²) in [5, 5.41) is 12.4. The van der Waals surface area contributed by atoms with Gasteiger partial charge >= 0.3 is 0 Å². The Morgan fingerprint density at radius 1 is 1.00 bits per heavy atom. The number of carbonyl (C=O) groups excluding carboxylic acids is 1. The molecular formula is C30H38N6O. The molecule has 3 aliphatic rings. The standard InChI is InChI=1S/C30H38N6O/c1-20(2)35-11-9-24(18-35)22-4-6-23(7-5-22)25-16-29-28(8-10-32-36(29)19-25)33-12-14-34(15-13-33)30(37)27-17-26(27)21(3)31/h4-8,10,16,19-20,24,26-27,31H,9,11-15,17-18H2,1-3H3/t24-,26-,27+/m1/s1. The Morgan fingerprint density at radius 3 is 2.41 bits per heavy atom. The van der Waals surface area contributed by atoms with Crippen molar-refractivity contribution in [1.82, 2.24) is 19.4 Å². The molecule has 37 heavy (non-hydrogen) atoms. The fourth-order valence-electron chi connectivity index (χ4n) is 6.25. The zero-order chi connectivity index (χ0) is 25.7. The number of hydrogen-bond acceptors (Lipinski definition) is 5. The molecule has 1 saturated carbocycles. The molecule has 2 aromatic heterocycles. The van der Waals surface area contributed by atoms with E-state index in [0.29, 0.717) is 17.7 Å². The fraction of sp³-hybridized carbons (Fsp3) is 0.500. The van der Waals surface area contributed by atoms with Crippen LogP contribution in [0.4, 0.5) is 5.69 Å². The third-order valence-corrected chi connectivity index (χ3v) is 8.75. The number of benzene rings is 1. The van der Waals surface area contributed by atoms with E-state index in [1.165, 1.54) is 35.3 Å². The van der Waals surface area contributed by atoms with Crippen LogP contribution in [0.15, 0.2) is 48.8 Å². The first-order valence-electron chi connectivity index (χ1n) is 13.8. The summed E-state index contributed by atoms with van der Waals surface area (Å²) in [5.74, 6) is 1.08. The number of fused-ring (bicyclic) bond motifs is 1. The van der Waals surface area contributed by atoms with Crippen molar-refractivity contribution >= 4 is 22.8 Å². The molecule has 1 aromatic carbocycles. The number of nitrogens with one attached hydrogen (secondary N) is 1. The number of carbonyl (C=O) groups is 1. The molecule has 0 spiro atoms. The van der Waals surface area contributed by atoms with E-state index in [4.69, 9.17) is 5.41 Å². The first-order valence-corrected chi connectivity index (χ1v) is 13.8. The van der Waals surface area contributed by atoms with Crippen molar-refractivity contribution in [3.05, 3.63) is 54.4 Å². The van der Waals surface area contributed by atoms with E-state index in [0.717, 1.165) is 44.7 Å². The van der Waals surface area contributed by atoms with E-state index in [1.807, 2.05) is 22.5 Å². The van der Waals surface area contributed by atoms with Crippen molar-refractivity contribution in [1.29, 1.82) is 5.41 Å². The highest BCUT2D eigenvalue weighted by molar-refractivity contribution is 5.93. The molecule has 0 radical (unpaired) electrons. The van der Waals surface area contributed by atoms with E-state index in [1.54, 1.807) is 0 Å². The molecule has 1 N–H and O–H groups in total. The Labute approximate surface area is 219 Å². The van der Waals surface area contributed by atoms with Gasteiger partial charge in [0.05, 0.1) is 11.2 Å². The average molecular weight is 499 g/mol. The fourth-order valence-corrected chi connectivity index (χ4v) is 6.25. The van der Waals surface area contributed by atoms with Crippen molar-refractivity contribution in [2.75, 3.05) is 44.2 Å². The van der Waals surface area contributed by atoms with Crippen molar-refractivity contribution < 1.29 is 4.79 Å². The predicted molar refractivity (Wildman–Crippen MR) is 148 cm³/mol. The maximum absolute atomic E-state index is 12.8. The lowest BCUT2D eigenvalue weighted by Gasteiger charge is -2.36. The van der Waals surface area contributed by atoms with Crippen molar-refractivity contribution in [3.63, 3.8) is 0 Å². The number of rotatable bonds is 6. The van der Waals surface area contributed by atoms with Gasteiger partial charge in [0, 0.05) is 74.3 Å². The Bertz CT molecular complexity index is 1300. The van der Waals surface area contributed by atoms with Gasteiger partial charge in [-0.05, 0) is 69.3 Å². The highest BCUT2D eigenvalue weighted by Crippen LogP contribution is 2.41. The third kappa shape index (κ3) is 4.65. The van der Waals surface area contributed by atoms with Gasteiger partial charge in [-0.25, -0.2) is 4.52 Å². The maximum Gasteiger partial charge on any atom is 0.226 e. The summed E-state index contributed by atoms with van der Waals surface area (Å²) in [6, 6.07) is 14.1. The van der Waals surface area contributed by atoms with E-state index < -0.39 is 0 Å². The summed E-state index contributed by atoms with van der Waals surface area (Å²) in [6.07, 6.45) is 6.08. The number of piperazine rings is 1. The topological polar surface area (TPSA) is 67.9 Å². The van der Waals surface area contributed by atoms with E-state index in [2.05, 4.69) is 71.3 Å². The molecule has 2 saturated heterocycles. The second kappa shape index (κ2) is 9.60. The van der Waals surface area contributed by atoms with E-state index >= 15 is 0 Å². The number of nitrogens with zero attached hydrogens (tertiary/aromatic N) is 5. The van der Waals surface area contributed by atoms with Crippen LogP contribution >= 0.6 is 0 Å². The van der Waals surface area contributed by atoms with Crippen LogP contribution < -0.4 is 4.90 Å². The zero-order valence-corrected chi connectivity index (χ0v) is 22.2. The smallest absolute Gasteiger partial charge is 0.226 e. The van der Waals surface area contributed by atoms with Crippen LogP contribution in [0.1, 0.15) is 45.1 Å². The number of hydrogen-bond donors (Lipinski definition) is 1. The Kier molecular flexibility index (Phi) is 6.27. The van der Waals surface area contributed by atoms with Gasteiger partial charge in [0.1, 0.15) is 0 Å². The van der Waals surface area contributed by atoms with Crippen LogP contribution in [0.3, 0.4) is 0 Å². The monoisotopic (exact) mass is 498 g/mol. The van der Waals surface area contributed by atoms with Gasteiger partial charge in [-0.2, -0.15) is 5.10 Å². The molecule has 3 aromatic rings. The maximum atomic E-state index is 12.8. The van der Waals surface area contributed by atoms with Crippen LogP contribution in [0.5, 0.6) is 0 Å². The lowest BCUT2D eigenvalue weighted by atomic mass is 9.96. The number of amides is 1. The molecule has 7 nitrogen and oxygen atoms in total. The van der Waals surface area contributed by atoms with Crippen LogP contribution in [-0.4, -0.2) is 76.3 Å². The lowest BCUT2D eigenvalue weighted by molar-refractivity contribution is -0.133. The quantitative estimate of drug-likeness (QED) is 0.508. The van der Waals surface area contributed by atoms with Gasteiger partial charge in [-0.15, -0.1) is 0 Å². The second-order valence-electron chi connectivity index (χ2n) is 11.4. The van der Waals surface area contributed by atoms with Crippen LogP contribution in [0.25, 0.3) is 16.6 Å². The molecule has 6 rings (SSSR count). The molecule has 7 heteroatoms. The molecule has 4 heterocycles. The summed E-state index contributed by atoms with van der Waals surface area (Å²) in [5.41, 5.74) is 6.75. The summed E-state index contributed by atoms with van der Waals surface area (Å²) in [4.78, 5) is 19.8. The lowest BCUT2D eigenvalue weighted by Crippen LogP contribution is -2.49. The molecule has 2 aliphatic heterocycles. The van der Waals surface area contributed by atoms with Crippen LogP contribution in [0, 0.1) is 17.2 Å². The number of anilines is 1. The Balaban J connectivity index is 1.15. The first kappa shape index (κ1) is 24.2. The molecule has 0 bridgehead atoms. The summed E-state index contributed by atoms with van der Waals surface area (Å²) < 4.78 is 1.98. The zero-order valence-electron chi connectivity index (χ0n) is 22.2. The molecular weight excluding hydrogens is 460 g/mol. The average Bonchev–Trinajstić information content (AvgIpc) is 3.35. The summed E-state index contributed by atoms with van der Waals surface area (Å²) >= 11 is 0. The van der Waals surface area contributed by atoms with E-state index in [9.17, 15) is 4.79 Å². The molecule has 3 fully saturated rings. The highest BCUT2D eigenvalue weighted by atomic mass is 16.2. The predicted octanol–water partition coefficient (Wildman–Crippen LogP) is 4.52. The van der Waals surface area contributed by atoms with Crippen molar-refractivity contribution in [2.45, 2.75) is 45.6 Å². The second-order valence-corrected chi connectivity index (χ2v) is 11.4. The van der Waals surface area contributed by atoms with Gasteiger partial charge in [-0.1, -0.05) is 24.3 Å². The first-order chi connectivity index (χ1) is 17.9. The number of aromatic nitrogens is 2. The molecule has 0 unspecified atom stereocenters. The number of likely N-dealkylation sites (tertiary alicyclic amines) is 1. The van der Waals surface area contributed by atoms with Gasteiger partial charge < -0.3 is 20.1 Å².